The van der Waals surface area contributed by atoms with Crippen LogP contribution in [0.3, 0.4) is 0 Å². The molecule has 2 rings (SSSR count). The summed E-state index contributed by atoms with van der Waals surface area (Å²) in [5, 5.41) is 0. The highest BCUT2D eigenvalue weighted by atomic mass is 19.1. The number of rotatable bonds is 3. The zero-order chi connectivity index (χ0) is 13.8. The minimum atomic E-state index is -0.468. The van der Waals surface area contributed by atoms with Crippen molar-refractivity contribution in [2.75, 3.05) is 7.11 Å². The fraction of sp³-hybridized carbons (Fsp3) is 0.188. The number of hydrogen-bond acceptors (Lipinski definition) is 2. The van der Waals surface area contributed by atoms with Crippen LogP contribution in [-0.2, 0) is 9.53 Å². The minimum absolute atomic E-state index is 0.334. The zero-order valence-electron chi connectivity index (χ0n) is 10.9. The highest BCUT2D eigenvalue weighted by molar-refractivity contribution is 5.78. The molecule has 0 unspecified atom stereocenters. The topological polar surface area (TPSA) is 26.3 Å². The van der Waals surface area contributed by atoms with Crippen molar-refractivity contribution in [3.05, 3.63) is 59.9 Å². The van der Waals surface area contributed by atoms with Crippen LogP contribution in [0.4, 0.5) is 4.39 Å². The summed E-state index contributed by atoms with van der Waals surface area (Å²) >= 11 is 0. The molecule has 0 aliphatic carbocycles. The van der Waals surface area contributed by atoms with E-state index in [1.54, 1.807) is 19.1 Å². The van der Waals surface area contributed by atoms with Crippen molar-refractivity contribution in [1.82, 2.24) is 0 Å². The quantitative estimate of drug-likeness (QED) is 0.782. The van der Waals surface area contributed by atoms with Crippen LogP contribution in [0.25, 0.3) is 11.1 Å². The summed E-state index contributed by atoms with van der Waals surface area (Å²) in [6.07, 6.45) is 0. The van der Waals surface area contributed by atoms with Crippen LogP contribution < -0.4 is 0 Å². The van der Waals surface area contributed by atoms with Gasteiger partial charge in [-0.25, -0.2) is 4.39 Å². The van der Waals surface area contributed by atoms with Crippen LogP contribution in [0.1, 0.15) is 18.4 Å². The lowest BCUT2D eigenvalue weighted by Gasteiger charge is -2.11. The van der Waals surface area contributed by atoms with Crippen molar-refractivity contribution >= 4 is 5.97 Å². The number of methoxy groups -OCH3 is 1. The number of carbonyl (C=O) groups excluding carboxylic acids is 1. The molecule has 0 amide bonds. The monoisotopic (exact) mass is 257 g/mol. The molecule has 2 aromatic rings. The molecular weight excluding hydrogens is 242 g/mol. The molecular formula is C16H15FO2. The molecule has 3 heteroatoms. The molecule has 0 aromatic heterocycles. The van der Waals surface area contributed by atoms with E-state index in [0.717, 1.165) is 5.56 Å². The van der Waals surface area contributed by atoms with E-state index >= 15 is 0 Å². The first-order valence-corrected chi connectivity index (χ1v) is 6.06. The second-order valence-electron chi connectivity index (χ2n) is 4.35. The van der Waals surface area contributed by atoms with Gasteiger partial charge in [0.25, 0.3) is 0 Å². The van der Waals surface area contributed by atoms with Crippen LogP contribution in [0.15, 0.2) is 48.5 Å². The van der Waals surface area contributed by atoms with Crippen LogP contribution in [0, 0.1) is 5.82 Å². The molecule has 19 heavy (non-hydrogen) atoms. The van der Waals surface area contributed by atoms with E-state index in [2.05, 4.69) is 4.74 Å². The highest BCUT2D eigenvalue weighted by Gasteiger charge is 2.17. The van der Waals surface area contributed by atoms with E-state index in [1.807, 2.05) is 30.3 Å². The largest absolute Gasteiger partial charge is 0.469 e. The van der Waals surface area contributed by atoms with Gasteiger partial charge in [-0.15, -0.1) is 0 Å². The molecule has 0 bridgehead atoms. The van der Waals surface area contributed by atoms with E-state index < -0.39 is 5.92 Å². The standard InChI is InChI=1S/C16H15FO2/c1-11(16(18)19-2)13-8-9-14(15(17)10-13)12-6-4-3-5-7-12/h3-11H,1-2H3/t11-/m0/s1/i1-1. The maximum atomic E-state index is 14.1. The van der Waals surface area contributed by atoms with Gasteiger partial charge in [-0.05, 0) is 24.1 Å². The molecule has 1 atom stereocenters. The second kappa shape index (κ2) is 5.65. The smallest absolute Gasteiger partial charge is 0.312 e. The summed E-state index contributed by atoms with van der Waals surface area (Å²) in [5.41, 5.74) is 1.96. The second-order valence-corrected chi connectivity index (χ2v) is 4.35. The number of esters is 1. The molecule has 0 radical (unpaired) electrons. The number of carbonyl (C=O) groups is 1. The SMILES string of the molecule is COC(=O)[C@@H]([11CH3])c1ccc(-c2ccccc2)c(F)c1. The highest BCUT2D eigenvalue weighted by Crippen LogP contribution is 2.26. The van der Waals surface area contributed by atoms with Crippen molar-refractivity contribution in [3.63, 3.8) is 0 Å². The van der Waals surface area contributed by atoms with Crippen LogP contribution in [0.2, 0.25) is 0 Å². The lowest BCUT2D eigenvalue weighted by atomic mass is 9.86. The number of hydrogen-bond donors (Lipinski definition) is 0. The molecule has 0 saturated carbocycles. The first kappa shape index (κ1) is 13.3. The van der Waals surface area contributed by atoms with E-state index in [-0.39, 0.29) is 11.8 Å². The summed E-state index contributed by atoms with van der Waals surface area (Å²) in [7, 11) is 1.33. The summed E-state index contributed by atoms with van der Waals surface area (Å²) in [4.78, 5) is 11.4. The third kappa shape index (κ3) is 2.81. The Hall–Kier alpha value is -2.16. The first-order valence-electron chi connectivity index (χ1n) is 6.06. The maximum absolute atomic E-state index is 14.1. The minimum Gasteiger partial charge on any atom is -0.469 e. The summed E-state index contributed by atoms with van der Waals surface area (Å²) in [6.45, 7) is 1.70. The van der Waals surface area contributed by atoms with Crippen LogP contribution in [0.5, 0.6) is 0 Å². The zero-order valence-corrected chi connectivity index (χ0v) is 10.9. The fourth-order valence-corrected chi connectivity index (χ4v) is 1.97. The molecule has 0 fully saturated rings. The van der Waals surface area contributed by atoms with Gasteiger partial charge in [0.1, 0.15) is 5.82 Å². The number of benzene rings is 2. The van der Waals surface area contributed by atoms with Gasteiger partial charge in [-0.2, -0.15) is 0 Å². The maximum Gasteiger partial charge on any atom is 0.312 e. The Morgan fingerprint density at radius 2 is 1.84 bits per heavy atom. The predicted molar refractivity (Wildman–Crippen MR) is 72.3 cm³/mol. The van der Waals surface area contributed by atoms with Gasteiger partial charge in [-0.3, -0.25) is 4.79 Å². The van der Waals surface area contributed by atoms with Gasteiger partial charge >= 0.3 is 5.97 Å². The molecule has 0 saturated heterocycles. The molecule has 0 heterocycles. The van der Waals surface area contributed by atoms with E-state index in [4.69, 9.17) is 0 Å². The van der Waals surface area contributed by atoms with Gasteiger partial charge in [0, 0.05) is 5.56 Å². The Balaban J connectivity index is 2.35. The Bertz CT molecular complexity index is 579. The van der Waals surface area contributed by atoms with Crippen molar-refractivity contribution < 1.29 is 13.9 Å². The molecule has 98 valence electrons. The lowest BCUT2D eigenvalue weighted by Crippen LogP contribution is -2.11. The summed E-state index contributed by atoms with van der Waals surface area (Å²) in [5.74, 6) is -1.17. The van der Waals surface area contributed by atoms with E-state index in [0.29, 0.717) is 11.1 Å². The van der Waals surface area contributed by atoms with Crippen LogP contribution >= 0.6 is 0 Å². The van der Waals surface area contributed by atoms with Gasteiger partial charge in [0.05, 0.1) is 13.0 Å². The third-order valence-corrected chi connectivity index (χ3v) is 3.13. The van der Waals surface area contributed by atoms with Crippen LogP contribution in [-0.4, -0.2) is 13.1 Å². The van der Waals surface area contributed by atoms with E-state index in [9.17, 15) is 9.18 Å². The number of halogens is 1. The van der Waals surface area contributed by atoms with Gasteiger partial charge in [-0.1, -0.05) is 42.5 Å². The van der Waals surface area contributed by atoms with E-state index in [1.165, 1.54) is 13.2 Å². The van der Waals surface area contributed by atoms with Crippen molar-refractivity contribution in [2.45, 2.75) is 12.8 Å². The molecule has 0 N–H and O–H groups in total. The first-order chi connectivity index (χ1) is 9.13. The van der Waals surface area contributed by atoms with Gasteiger partial charge in [0.15, 0.2) is 0 Å². The normalized spacial score (nSPS) is 11.9. The number of ether oxygens (including phenoxy) is 1. The Morgan fingerprint density at radius 1 is 1.16 bits per heavy atom. The molecule has 2 nitrogen and oxygen atoms in total. The molecule has 0 spiro atoms. The van der Waals surface area contributed by atoms with Gasteiger partial charge < -0.3 is 4.74 Å². The fourth-order valence-electron chi connectivity index (χ4n) is 1.97. The van der Waals surface area contributed by atoms with Crippen molar-refractivity contribution in [3.8, 4) is 11.1 Å². The van der Waals surface area contributed by atoms with Crippen molar-refractivity contribution in [1.29, 1.82) is 0 Å². The Morgan fingerprint density at radius 3 is 2.42 bits per heavy atom. The average molecular weight is 257 g/mol. The summed E-state index contributed by atoms with van der Waals surface area (Å²) in [6, 6.07) is 14.1. The Kier molecular flexibility index (Phi) is 3.95. The summed E-state index contributed by atoms with van der Waals surface area (Å²) < 4.78 is 18.8. The average Bonchev–Trinajstić information content (AvgIpc) is 2.46. The molecule has 0 aliphatic heterocycles. The lowest BCUT2D eigenvalue weighted by molar-refractivity contribution is -0.141. The van der Waals surface area contributed by atoms with Gasteiger partial charge in [0.2, 0.25) is 0 Å². The Labute approximate surface area is 111 Å². The predicted octanol–water partition coefficient (Wildman–Crippen LogP) is 3.77. The molecule has 2 aromatic carbocycles. The molecule has 0 aliphatic rings. The van der Waals surface area contributed by atoms with Crippen molar-refractivity contribution in [2.24, 2.45) is 0 Å². The third-order valence-electron chi connectivity index (χ3n) is 3.13.